The predicted octanol–water partition coefficient (Wildman–Crippen LogP) is 7.57. The molecule has 0 aliphatic rings. The number of benzene rings is 2. The third-order valence-electron chi connectivity index (χ3n) is 3.95. The van der Waals surface area contributed by atoms with E-state index >= 15 is 0 Å². The first-order valence-corrected chi connectivity index (χ1v) is 10.1. The van der Waals surface area contributed by atoms with Crippen LogP contribution in [0.1, 0.15) is 52.7 Å². The van der Waals surface area contributed by atoms with Crippen molar-refractivity contribution in [1.29, 1.82) is 0 Å². The molecule has 0 atom stereocenters. The van der Waals surface area contributed by atoms with Crippen LogP contribution in [0, 0.1) is 12.3 Å². The second-order valence-electron chi connectivity index (χ2n) is 7.27. The van der Waals surface area contributed by atoms with Crippen molar-refractivity contribution in [3.05, 3.63) is 78.4 Å². The van der Waals surface area contributed by atoms with Crippen LogP contribution in [0.15, 0.2) is 71.7 Å². The molecule has 0 amide bonds. The Bertz CT molecular complexity index is 963. The zero-order valence-corrected chi connectivity index (χ0v) is 18.9. The smallest absolute Gasteiger partial charge is 0.248 e. The highest BCUT2D eigenvalue weighted by atomic mass is 16.4. The monoisotopic (exact) mass is 400 g/mol. The van der Waals surface area contributed by atoms with Gasteiger partial charge in [0.1, 0.15) is 0 Å². The van der Waals surface area contributed by atoms with E-state index in [9.17, 15) is 0 Å². The Hall–Kier alpha value is -3.38. The van der Waals surface area contributed by atoms with Gasteiger partial charge in [0.05, 0.1) is 0 Å². The van der Waals surface area contributed by atoms with Crippen LogP contribution in [0.4, 0.5) is 0 Å². The van der Waals surface area contributed by atoms with Crippen LogP contribution in [0.5, 0.6) is 0 Å². The molecule has 0 bridgehead atoms. The molecule has 2 aromatic carbocycles. The molecule has 0 saturated heterocycles. The average Bonchev–Trinajstić information content (AvgIpc) is 3.24. The molecule has 0 aliphatic heterocycles. The number of hydrogen-bond donors (Lipinski definition) is 0. The Balaban J connectivity index is 0.000000826. The lowest BCUT2D eigenvalue weighted by molar-refractivity contribution is 0.582. The van der Waals surface area contributed by atoms with Gasteiger partial charge in [0.2, 0.25) is 11.8 Å². The highest BCUT2D eigenvalue weighted by Gasteiger charge is 2.15. The second-order valence-corrected chi connectivity index (χ2v) is 7.27. The highest BCUT2D eigenvalue weighted by Crippen LogP contribution is 2.27. The van der Waals surface area contributed by atoms with Crippen LogP contribution in [-0.2, 0) is 5.41 Å². The summed E-state index contributed by atoms with van der Waals surface area (Å²) in [5, 5.41) is 8.33. The maximum absolute atomic E-state index is 5.83. The lowest BCUT2D eigenvalue weighted by Crippen LogP contribution is -2.10. The Morgan fingerprint density at radius 3 is 1.73 bits per heavy atom. The van der Waals surface area contributed by atoms with Gasteiger partial charge in [-0.2, -0.15) is 0 Å². The summed E-state index contributed by atoms with van der Waals surface area (Å²) in [4.78, 5) is 0. The first kappa shape index (κ1) is 24.7. The highest BCUT2D eigenvalue weighted by molar-refractivity contribution is 5.61. The van der Waals surface area contributed by atoms with Gasteiger partial charge in [0, 0.05) is 11.1 Å². The molecule has 3 rings (SSSR count). The molecule has 0 N–H and O–H groups in total. The first-order chi connectivity index (χ1) is 14.4. The van der Waals surface area contributed by atoms with E-state index in [4.69, 9.17) is 10.8 Å². The number of allylic oxidation sites excluding steroid dienone is 2. The largest absolute Gasteiger partial charge is 0.416 e. The summed E-state index contributed by atoms with van der Waals surface area (Å²) in [5.41, 5.74) is 4.21. The van der Waals surface area contributed by atoms with E-state index in [2.05, 4.69) is 55.6 Å². The number of rotatable bonds is 3. The summed E-state index contributed by atoms with van der Waals surface area (Å²) in [7, 11) is 0. The van der Waals surface area contributed by atoms with Crippen LogP contribution >= 0.6 is 0 Å². The molecule has 0 aliphatic carbocycles. The van der Waals surface area contributed by atoms with Crippen molar-refractivity contribution in [3.8, 4) is 35.3 Å². The quantitative estimate of drug-likeness (QED) is 0.336. The van der Waals surface area contributed by atoms with Crippen molar-refractivity contribution < 1.29 is 4.42 Å². The Morgan fingerprint density at radius 1 is 0.900 bits per heavy atom. The topological polar surface area (TPSA) is 38.9 Å². The average molecular weight is 401 g/mol. The Morgan fingerprint density at radius 2 is 1.33 bits per heavy atom. The molecule has 0 unspecified atom stereocenters. The van der Waals surface area contributed by atoms with Gasteiger partial charge in [-0.25, -0.2) is 0 Å². The van der Waals surface area contributed by atoms with Gasteiger partial charge in [-0.3, -0.25) is 0 Å². The van der Waals surface area contributed by atoms with Crippen molar-refractivity contribution in [3.63, 3.8) is 0 Å². The molecule has 3 aromatic rings. The van der Waals surface area contributed by atoms with Gasteiger partial charge in [0.15, 0.2) is 0 Å². The van der Waals surface area contributed by atoms with Gasteiger partial charge < -0.3 is 4.42 Å². The summed E-state index contributed by atoms with van der Waals surface area (Å²) >= 11 is 0. The molecule has 0 saturated carbocycles. The SMILES string of the molecule is C#C/C=C/c1ccc(-c2nnc(-c3ccc(C(C)(C)C)cc3)o2)cc1.C=CC.CC. The van der Waals surface area contributed by atoms with Crippen LogP contribution in [-0.4, -0.2) is 10.2 Å². The van der Waals surface area contributed by atoms with E-state index in [-0.39, 0.29) is 5.41 Å². The van der Waals surface area contributed by atoms with E-state index in [1.54, 1.807) is 12.2 Å². The lowest BCUT2D eigenvalue weighted by atomic mass is 9.87. The fourth-order valence-electron chi connectivity index (χ4n) is 2.45. The molecule has 3 nitrogen and oxygen atoms in total. The fourth-order valence-corrected chi connectivity index (χ4v) is 2.45. The maximum atomic E-state index is 5.83. The summed E-state index contributed by atoms with van der Waals surface area (Å²) in [6.45, 7) is 15.8. The molecule has 0 fully saturated rings. The third-order valence-corrected chi connectivity index (χ3v) is 3.95. The van der Waals surface area contributed by atoms with Crippen molar-refractivity contribution in [1.82, 2.24) is 10.2 Å². The van der Waals surface area contributed by atoms with Gasteiger partial charge in [-0.05, 0) is 59.9 Å². The summed E-state index contributed by atoms with van der Waals surface area (Å²) in [6.07, 6.45) is 10.5. The standard InChI is InChI=1S/C22H20N2O.C3H6.C2H6/c1-5-6-7-16-8-10-17(11-9-16)20-23-24-21(25-20)18-12-14-19(15-13-18)22(2,3)4;1-3-2;1-2/h1,6-15H,2-4H3;3H,1H2,2H3;1-2H3/b7-6+;;. The third kappa shape index (κ3) is 7.22. The summed E-state index contributed by atoms with van der Waals surface area (Å²) < 4.78 is 5.83. The predicted molar refractivity (Wildman–Crippen MR) is 129 cm³/mol. The summed E-state index contributed by atoms with van der Waals surface area (Å²) in [6, 6.07) is 16.1. The molecule has 1 aromatic heterocycles. The Labute approximate surface area is 181 Å². The normalized spacial score (nSPS) is 10.3. The van der Waals surface area contributed by atoms with Crippen molar-refractivity contribution in [2.45, 2.75) is 47.0 Å². The molecule has 0 radical (unpaired) electrons. The number of hydrogen-bond acceptors (Lipinski definition) is 3. The van der Waals surface area contributed by atoms with E-state index in [0.29, 0.717) is 11.8 Å². The van der Waals surface area contributed by atoms with E-state index in [1.165, 1.54) is 5.56 Å². The van der Waals surface area contributed by atoms with Crippen LogP contribution in [0.2, 0.25) is 0 Å². The Kier molecular flexibility index (Phi) is 10.1. The minimum atomic E-state index is 0.119. The molecular weight excluding hydrogens is 368 g/mol. The van der Waals surface area contributed by atoms with Crippen LogP contribution in [0.3, 0.4) is 0 Å². The minimum absolute atomic E-state index is 0.119. The molecule has 0 spiro atoms. The minimum Gasteiger partial charge on any atom is -0.416 e. The van der Waals surface area contributed by atoms with Crippen LogP contribution < -0.4 is 0 Å². The molecule has 1 heterocycles. The van der Waals surface area contributed by atoms with Crippen molar-refractivity contribution in [2.75, 3.05) is 0 Å². The molecular formula is C27H32N2O. The van der Waals surface area contributed by atoms with Gasteiger partial charge >= 0.3 is 0 Å². The van der Waals surface area contributed by atoms with E-state index in [1.807, 2.05) is 63.2 Å². The van der Waals surface area contributed by atoms with Gasteiger partial charge in [-0.1, -0.05) is 70.9 Å². The first-order valence-electron chi connectivity index (χ1n) is 10.1. The number of nitrogens with zero attached hydrogens (tertiary/aromatic N) is 2. The van der Waals surface area contributed by atoms with Crippen molar-refractivity contribution >= 4 is 6.08 Å². The van der Waals surface area contributed by atoms with Gasteiger partial charge in [0.25, 0.3) is 0 Å². The fraction of sp³-hybridized carbons (Fsp3) is 0.259. The van der Waals surface area contributed by atoms with Gasteiger partial charge in [-0.15, -0.1) is 23.2 Å². The summed E-state index contributed by atoms with van der Waals surface area (Å²) in [5.74, 6) is 3.50. The van der Waals surface area contributed by atoms with Crippen LogP contribution in [0.25, 0.3) is 29.0 Å². The van der Waals surface area contributed by atoms with E-state index < -0.39 is 0 Å². The number of aromatic nitrogens is 2. The number of terminal acetylenes is 1. The zero-order valence-electron chi connectivity index (χ0n) is 18.9. The zero-order chi connectivity index (χ0) is 22.6. The van der Waals surface area contributed by atoms with E-state index in [0.717, 1.165) is 16.7 Å². The maximum Gasteiger partial charge on any atom is 0.248 e. The molecule has 156 valence electrons. The lowest BCUT2D eigenvalue weighted by Gasteiger charge is -2.18. The van der Waals surface area contributed by atoms with Crippen molar-refractivity contribution in [2.24, 2.45) is 0 Å². The molecule has 3 heteroatoms. The second kappa shape index (κ2) is 12.2. The molecule has 30 heavy (non-hydrogen) atoms.